The molecule has 0 saturated carbocycles. The molecule has 0 radical (unpaired) electrons. The van der Waals surface area contributed by atoms with Crippen molar-refractivity contribution in [1.82, 2.24) is 4.90 Å². The summed E-state index contributed by atoms with van der Waals surface area (Å²) in [6.45, 7) is 8.36. The predicted octanol–water partition coefficient (Wildman–Crippen LogP) is 1.10. The molecule has 0 aliphatic carbocycles. The van der Waals surface area contributed by atoms with Gasteiger partial charge in [0.15, 0.2) is 0 Å². The fraction of sp³-hybridized carbons (Fsp3) is 0.800. The molecule has 0 aliphatic rings. The minimum absolute atomic E-state index is 0.147. The van der Waals surface area contributed by atoms with Gasteiger partial charge in [-0.25, -0.2) is 0 Å². The molecule has 0 spiro atoms. The summed E-state index contributed by atoms with van der Waals surface area (Å²) in [6.07, 6.45) is -0.298. The molecule has 0 aromatic rings. The third kappa shape index (κ3) is 3.75. The van der Waals surface area contributed by atoms with Crippen molar-refractivity contribution in [2.24, 2.45) is 0 Å². The summed E-state index contributed by atoms with van der Waals surface area (Å²) in [7, 11) is 1.97. The van der Waals surface area contributed by atoms with Crippen LogP contribution in [-0.2, 0) is 0 Å². The number of hydrogen-bond acceptors (Lipinski definition) is 2. The Morgan fingerprint density at radius 1 is 1.50 bits per heavy atom. The van der Waals surface area contributed by atoms with Crippen molar-refractivity contribution in [3.63, 3.8) is 0 Å². The molecule has 2 heteroatoms. The number of rotatable bonds is 3. The van der Waals surface area contributed by atoms with E-state index >= 15 is 0 Å². The standard InChI is InChI=1S/C10H19NO/c1-6-7-10(3,4)11(5)8-9(2)12/h9,12H,8H2,1-5H3. The van der Waals surface area contributed by atoms with E-state index in [0.717, 1.165) is 0 Å². The predicted molar refractivity (Wildman–Crippen MR) is 51.8 cm³/mol. The highest BCUT2D eigenvalue weighted by molar-refractivity contribution is 5.12. The zero-order valence-corrected chi connectivity index (χ0v) is 8.68. The molecule has 2 nitrogen and oxygen atoms in total. The number of aliphatic hydroxyl groups is 1. The van der Waals surface area contributed by atoms with Gasteiger partial charge in [-0.15, -0.1) is 5.92 Å². The molecule has 0 fully saturated rings. The van der Waals surface area contributed by atoms with Crippen LogP contribution in [0, 0.1) is 11.8 Å². The summed E-state index contributed by atoms with van der Waals surface area (Å²) in [5, 5.41) is 9.16. The zero-order chi connectivity index (χ0) is 9.78. The van der Waals surface area contributed by atoms with Gasteiger partial charge in [0.1, 0.15) is 0 Å². The smallest absolute Gasteiger partial charge is 0.0767 e. The van der Waals surface area contributed by atoms with E-state index in [1.165, 1.54) is 0 Å². The maximum atomic E-state index is 9.16. The molecule has 70 valence electrons. The fourth-order valence-electron chi connectivity index (χ4n) is 1.03. The van der Waals surface area contributed by atoms with E-state index in [1.54, 1.807) is 6.92 Å². The Kier molecular flexibility index (Phi) is 4.30. The highest BCUT2D eigenvalue weighted by Gasteiger charge is 2.21. The quantitative estimate of drug-likeness (QED) is 0.640. The minimum Gasteiger partial charge on any atom is -0.392 e. The van der Waals surface area contributed by atoms with E-state index in [0.29, 0.717) is 6.54 Å². The van der Waals surface area contributed by atoms with E-state index in [2.05, 4.69) is 11.8 Å². The van der Waals surface area contributed by atoms with Crippen molar-refractivity contribution in [2.75, 3.05) is 13.6 Å². The molecule has 0 amide bonds. The fourth-order valence-corrected chi connectivity index (χ4v) is 1.03. The summed E-state index contributed by atoms with van der Waals surface area (Å²) < 4.78 is 0. The first-order chi connectivity index (χ1) is 5.40. The molecular formula is C10H19NO. The average molecular weight is 169 g/mol. The van der Waals surface area contributed by atoms with Gasteiger partial charge in [-0.2, -0.15) is 0 Å². The highest BCUT2D eigenvalue weighted by Crippen LogP contribution is 2.10. The van der Waals surface area contributed by atoms with Crippen molar-refractivity contribution >= 4 is 0 Å². The Hall–Kier alpha value is -0.520. The minimum atomic E-state index is -0.298. The molecule has 1 unspecified atom stereocenters. The Balaban J connectivity index is 4.21. The monoisotopic (exact) mass is 169 g/mol. The van der Waals surface area contributed by atoms with Crippen LogP contribution < -0.4 is 0 Å². The number of aliphatic hydroxyl groups excluding tert-OH is 1. The van der Waals surface area contributed by atoms with Crippen LogP contribution in [0.15, 0.2) is 0 Å². The van der Waals surface area contributed by atoms with Crippen LogP contribution in [0.3, 0.4) is 0 Å². The molecule has 0 saturated heterocycles. The number of likely N-dealkylation sites (N-methyl/N-ethyl adjacent to an activating group) is 1. The van der Waals surface area contributed by atoms with Gasteiger partial charge in [0.25, 0.3) is 0 Å². The van der Waals surface area contributed by atoms with Gasteiger partial charge in [0.05, 0.1) is 11.6 Å². The van der Waals surface area contributed by atoms with Crippen molar-refractivity contribution in [3.8, 4) is 11.8 Å². The van der Waals surface area contributed by atoms with Crippen molar-refractivity contribution < 1.29 is 5.11 Å². The first-order valence-corrected chi connectivity index (χ1v) is 4.23. The van der Waals surface area contributed by atoms with E-state index in [4.69, 9.17) is 5.11 Å². The second-order valence-corrected chi connectivity index (χ2v) is 3.66. The van der Waals surface area contributed by atoms with Gasteiger partial charge in [0, 0.05) is 6.54 Å². The van der Waals surface area contributed by atoms with Crippen molar-refractivity contribution in [1.29, 1.82) is 0 Å². The van der Waals surface area contributed by atoms with Gasteiger partial charge < -0.3 is 5.11 Å². The number of nitrogens with zero attached hydrogens (tertiary/aromatic N) is 1. The summed E-state index contributed by atoms with van der Waals surface area (Å²) in [6, 6.07) is 0. The van der Waals surface area contributed by atoms with Crippen LogP contribution in [0.5, 0.6) is 0 Å². The van der Waals surface area contributed by atoms with Crippen LogP contribution in [0.4, 0.5) is 0 Å². The lowest BCUT2D eigenvalue weighted by Crippen LogP contribution is -2.43. The van der Waals surface area contributed by atoms with Gasteiger partial charge in [-0.1, -0.05) is 5.92 Å². The highest BCUT2D eigenvalue weighted by atomic mass is 16.3. The third-order valence-electron chi connectivity index (χ3n) is 1.92. The van der Waals surface area contributed by atoms with Crippen LogP contribution in [0.1, 0.15) is 27.7 Å². The molecule has 0 bridgehead atoms. The Morgan fingerprint density at radius 2 is 2.00 bits per heavy atom. The second kappa shape index (κ2) is 4.49. The maximum absolute atomic E-state index is 9.16. The molecular weight excluding hydrogens is 150 g/mol. The molecule has 0 heterocycles. The lowest BCUT2D eigenvalue weighted by Gasteiger charge is -2.31. The van der Waals surface area contributed by atoms with E-state index < -0.39 is 0 Å². The van der Waals surface area contributed by atoms with Crippen LogP contribution in [0.2, 0.25) is 0 Å². The molecule has 1 N–H and O–H groups in total. The third-order valence-corrected chi connectivity index (χ3v) is 1.92. The lowest BCUT2D eigenvalue weighted by molar-refractivity contribution is 0.105. The molecule has 0 aliphatic heterocycles. The topological polar surface area (TPSA) is 23.5 Å². The second-order valence-electron chi connectivity index (χ2n) is 3.66. The van der Waals surface area contributed by atoms with Gasteiger partial charge >= 0.3 is 0 Å². The molecule has 0 rings (SSSR count). The molecule has 0 aromatic heterocycles. The van der Waals surface area contributed by atoms with Gasteiger partial charge in [-0.3, -0.25) is 4.90 Å². The Morgan fingerprint density at radius 3 is 2.33 bits per heavy atom. The summed E-state index contributed by atoms with van der Waals surface area (Å²) in [4.78, 5) is 2.05. The van der Waals surface area contributed by atoms with Crippen molar-refractivity contribution in [2.45, 2.75) is 39.3 Å². The Bertz CT molecular complexity index is 186. The average Bonchev–Trinajstić information content (AvgIpc) is 1.85. The summed E-state index contributed by atoms with van der Waals surface area (Å²) in [5.41, 5.74) is -0.147. The number of β-amino-alcohol motifs (C(OH)–C–C–N with tert-alkyl or cyclic N) is 1. The van der Waals surface area contributed by atoms with E-state index in [9.17, 15) is 0 Å². The number of hydrogen-bond donors (Lipinski definition) is 1. The van der Waals surface area contributed by atoms with Crippen LogP contribution in [-0.4, -0.2) is 35.2 Å². The first kappa shape index (κ1) is 11.5. The Labute approximate surface area is 75.6 Å². The molecule has 12 heavy (non-hydrogen) atoms. The normalized spacial score (nSPS) is 13.9. The first-order valence-electron chi connectivity index (χ1n) is 4.23. The van der Waals surface area contributed by atoms with E-state index in [-0.39, 0.29) is 11.6 Å². The van der Waals surface area contributed by atoms with Gasteiger partial charge in [0.2, 0.25) is 0 Å². The van der Waals surface area contributed by atoms with Crippen molar-refractivity contribution in [3.05, 3.63) is 0 Å². The van der Waals surface area contributed by atoms with Crippen LogP contribution >= 0.6 is 0 Å². The SMILES string of the molecule is CC#CC(C)(C)N(C)CC(C)O. The van der Waals surface area contributed by atoms with Gasteiger partial charge in [-0.05, 0) is 34.7 Å². The van der Waals surface area contributed by atoms with E-state index in [1.807, 2.05) is 32.7 Å². The summed E-state index contributed by atoms with van der Waals surface area (Å²) in [5.74, 6) is 5.98. The van der Waals surface area contributed by atoms with Crippen LogP contribution in [0.25, 0.3) is 0 Å². The molecule has 1 atom stereocenters. The maximum Gasteiger partial charge on any atom is 0.0767 e. The molecule has 0 aromatic carbocycles. The zero-order valence-electron chi connectivity index (χ0n) is 8.68. The lowest BCUT2D eigenvalue weighted by atomic mass is 10.0. The largest absolute Gasteiger partial charge is 0.392 e. The summed E-state index contributed by atoms with van der Waals surface area (Å²) >= 11 is 0.